The van der Waals surface area contributed by atoms with Gasteiger partial charge >= 0.3 is 0 Å². The third-order valence-electron chi connectivity index (χ3n) is 4.06. The first-order valence-electron chi connectivity index (χ1n) is 8.48. The van der Waals surface area contributed by atoms with Crippen LogP contribution in [0.2, 0.25) is 0 Å². The molecule has 1 aromatic heterocycles. The van der Waals surface area contributed by atoms with Crippen molar-refractivity contribution in [2.75, 3.05) is 31.5 Å². The molecule has 1 aliphatic heterocycles. The zero-order valence-corrected chi connectivity index (χ0v) is 17.3. The van der Waals surface area contributed by atoms with E-state index in [9.17, 15) is 8.42 Å². The second kappa shape index (κ2) is 8.13. The third kappa shape index (κ3) is 4.49. The lowest BCUT2D eigenvalue weighted by Gasteiger charge is -2.33. The van der Waals surface area contributed by atoms with Crippen molar-refractivity contribution in [3.63, 3.8) is 0 Å². The van der Waals surface area contributed by atoms with E-state index in [1.807, 2.05) is 6.07 Å². The normalized spacial score (nSPS) is 16.9. The summed E-state index contributed by atoms with van der Waals surface area (Å²) >= 11 is 6.84. The summed E-state index contributed by atoms with van der Waals surface area (Å²) in [6.07, 6.45) is 0. The van der Waals surface area contributed by atoms with Gasteiger partial charge in [-0.05, 0) is 38.2 Å². The summed E-state index contributed by atoms with van der Waals surface area (Å²) in [5.41, 5.74) is 0. The Hall–Kier alpha value is -1.33. The third-order valence-corrected chi connectivity index (χ3v) is 7.22. The van der Waals surface area contributed by atoms with E-state index in [1.165, 1.54) is 11.3 Å². The summed E-state index contributed by atoms with van der Waals surface area (Å²) in [5.74, 6) is 0. The summed E-state index contributed by atoms with van der Waals surface area (Å²) < 4.78 is 29.4. The van der Waals surface area contributed by atoms with E-state index in [1.54, 1.807) is 33.3 Å². The van der Waals surface area contributed by atoms with Crippen LogP contribution < -0.4 is 5.32 Å². The van der Waals surface area contributed by atoms with Crippen LogP contribution >= 0.6 is 23.6 Å². The highest BCUT2D eigenvalue weighted by atomic mass is 32.2. The van der Waals surface area contributed by atoms with E-state index in [2.05, 4.69) is 29.2 Å². The summed E-state index contributed by atoms with van der Waals surface area (Å²) in [5, 5.41) is 8.58. The highest BCUT2D eigenvalue weighted by Gasteiger charge is 2.28. The Kier molecular flexibility index (Phi) is 6.08. The van der Waals surface area contributed by atoms with Crippen molar-refractivity contribution in [1.82, 2.24) is 19.0 Å². The average Bonchev–Trinajstić information content (AvgIpc) is 2.94. The maximum Gasteiger partial charge on any atom is 0.243 e. The van der Waals surface area contributed by atoms with Crippen LogP contribution in [-0.2, 0) is 16.7 Å². The molecule has 0 saturated carbocycles. The van der Waals surface area contributed by atoms with E-state index in [4.69, 9.17) is 12.2 Å². The molecule has 0 spiro atoms. The van der Waals surface area contributed by atoms with Crippen LogP contribution in [0.3, 0.4) is 0 Å². The van der Waals surface area contributed by atoms with Crippen LogP contribution in [-0.4, -0.2) is 59.6 Å². The van der Waals surface area contributed by atoms with Gasteiger partial charge in [0, 0.05) is 32.2 Å². The zero-order chi connectivity index (χ0) is 18.7. The lowest BCUT2D eigenvalue weighted by atomic mass is 10.4. The minimum absolute atomic E-state index is 0.302. The molecule has 142 valence electrons. The van der Waals surface area contributed by atoms with Crippen molar-refractivity contribution < 1.29 is 8.42 Å². The molecular formula is C16H23N5O2S3. The van der Waals surface area contributed by atoms with Gasteiger partial charge in [-0.15, -0.1) is 5.10 Å². The van der Waals surface area contributed by atoms with Gasteiger partial charge < -0.3 is 5.32 Å². The number of hydrogen-bond donors (Lipinski definition) is 1. The van der Waals surface area contributed by atoms with E-state index >= 15 is 0 Å². The summed E-state index contributed by atoms with van der Waals surface area (Å²) in [6.45, 7) is 6.92. The van der Waals surface area contributed by atoms with Crippen LogP contribution in [0.25, 0.3) is 0 Å². The van der Waals surface area contributed by atoms with E-state index in [0.29, 0.717) is 47.7 Å². The minimum atomic E-state index is -3.42. The molecule has 2 heterocycles. The van der Waals surface area contributed by atoms with Crippen molar-refractivity contribution in [1.29, 1.82) is 0 Å². The Bertz CT molecular complexity index is 884. The first-order valence-corrected chi connectivity index (χ1v) is 11.1. The fraction of sp³-hybridized carbons (Fsp3) is 0.500. The van der Waals surface area contributed by atoms with Crippen molar-refractivity contribution in [2.24, 2.45) is 0 Å². The molecule has 3 rings (SSSR count). The average molecular weight is 414 g/mol. The van der Waals surface area contributed by atoms with Gasteiger partial charge in [0.2, 0.25) is 15.2 Å². The van der Waals surface area contributed by atoms with Crippen molar-refractivity contribution in [3.8, 4) is 0 Å². The lowest BCUT2D eigenvalue weighted by Crippen LogP contribution is -2.48. The first kappa shape index (κ1) is 19.4. The van der Waals surface area contributed by atoms with Crippen LogP contribution in [0.4, 0.5) is 5.13 Å². The number of anilines is 1. The maximum atomic E-state index is 12.7. The summed E-state index contributed by atoms with van der Waals surface area (Å²) in [6, 6.07) is 8.89. The fourth-order valence-corrected chi connectivity index (χ4v) is 5.33. The van der Waals surface area contributed by atoms with Gasteiger partial charge in [-0.1, -0.05) is 29.5 Å². The van der Waals surface area contributed by atoms with E-state index in [-0.39, 0.29) is 0 Å². The molecule has 1 aliphatic rings. The van der Waals surface area contributed by atoms with Gasteiger partial charge in [-0.25, -0.2) is 13.1 Å². The molecule has 1 saturated heterocycles. The molecule has 10 heteroatoms. The lowest BCUT2D eigenvalue weighted by molar-refractivity contribution is 0.145. The quantitative estimate of drug-likeness (QED) is 0.734. The molecular weight excluding hydrogens is 390 g/mol. The molecule has 0 amide bonds. The number of piperazine rings is 1. The Morgan fingerprint density at radius 3 is 2.46 bits per heavy atom. The number of hydrogen-bond acceptors (Lipinski definition) is 7. The Morgan fingerprint density at radius 2 is 1.85 bits per heavy atom. The topological polar surface area (TPSA) is 70.5 Å². The second-order valence-corrected chi connectivity index (χ2v) is 10.0. The second-order valence-electron chi connectivity index (χ2n) is 6.45. The monoisotopic (exact) mass is 413 g/mol. The van der Waals surface area contributed by atoms with Crippen LogP contribution in [0, 0.1) is 3.95 Å². The molecule has 2 aromatic rings. The van der Waals surface area contributed by atoms with Crippen LogP contribution in [0.1, 0.15) is 13.8 Å². The van der Waals surface area contributed by atoms with Gasteiger partial charge in [-0.3, -0.25) is 4.90 Å². The molecule has 0 radical (unpaired) electrons. The Balaban J connectivity index is 1.61. The molecule has 7 nitrogen and oxygen atoms in total. The molecule has 26 heavy (non-hydrogen) atoms. The molecule has 0 unspecified atom stereocenters. The van der Waals surface area contributed by atoms with E-state index in [0.717, 1.165) is 5.13 Å². The van der Waals surface area contributed by atoms with Gasteiger partial charge in [0.1, 0.15) is 0 Å². The van der Waals surface area contributed by atoms with Crippen LogP contribution in [0.15, 0.2) is 35.2 Å². The molecule has 0 aliphatic carbocycles. The van der Waals surface area contributed by atoms with Gasteiger partial charge in [0.05, 0.1) is 11.6 Å². The van der Waals surface area contributed by atoms with Gasteiger partial charge in [0.25, 0.3) is 0 Å². The van der Waals surface area contributed by atoms with Gasteiger partial charge in [0.15, 0.2) is 3.95 Å². The number of benzene rings is 1. The highest BCUT2D eigenvalue weighted by molar-refractivity contribution is 7.89. The Labute approximate surface area is 163 Å². The molecule has 0 bridgehead atoms. The van der Waals surface area contributed by atoms with Crippen molar-refractivity contribution in [2.45, 2.75) is 31.5 Å². The SMILES string of the molecule is CC(C)Nc1nn(CN2CCN(S(=O)(=O)c3ccccc3)CC2)c(=S)s1. The van der Waals surface area contributed by atoms with Crippen LogP contribution in [0.5, 0.6) is 0 Å². The fourth-order valence-electron chi connectivity index (χ4n) is 2.74. The number of aromatic nitrogens is 2. The predicted molar refractivity (Wildman–Crippen MR) is 106 cm³/mol. The number of nitrogens with zero attached hydrogens (tertiary/aromatic N) is 4. The van der Waals surface area contributed by atoms with Crippen molar-refractivity contribution in [3.05, 3.63) is 34.3 Å². The molecule has 1 aromatic carbocycles. The minimum Gasteiger partial charge on any atom is -0.358 e. The maximum absolute atomic E-state index is 12.7. The number of nitrogens with one attached hydrogen (secondary N) is 1. The molecule has 1 fully saturated rings. The zero-order valence-electron chi connectivity index (χ0n) is 14.8. The first-order chi connectivity index (χ1) is 12.4. The molecule has 0 atom stereocenters. The van der Waals surface area contributed by atoms with Crippen molar-refractivity contribution >= 4 is 38.7 Å². The predicted octanol–water partition coefficient (Wildman–Crippen LogP) is 2.46. The molecule has 1 N–H and O–H groups in total. The van der Waals surface area contributed by atoms with E-state index < -0.39 is 10.0 Å². The largest absolute Gasteiger partial charge is 0.358 e. The summed E-state index contributed by atoms with van der Waals surface area (Å²) in [4.78, 5) is 2.52. The number of rotatable bonds is 6. The summed E-state index contributed by atoms with van der Waals surface area (Å²) in [7, 11) is -3.42. The number of sulfonamides is 1. The Morgan fingerprint density at radius 1 is 1.19 bits per heavy atom. The highest BCUT2D eigenvalue weighted by Crippen LogP contribution is 2.19. The van der Waals surface area contributed by atoms with Gasteiger partial charge in [-0.2, -0.15) is 4.31 Å². The smallest absolute Gasteiger partial charge is 0.243 e. The standard InChI is InChI=1S/C16H23N5O2S3/c1-13(2)17-15-18-21(16(24)25-15)12-19-8-10-20(11-9-19)26(22,23)14-6-4-3-5-7-14/h3-7,13H,8-12H2,1-2H3,(H,17,18).